The maximum Gasteiger partial charge on any atom is 0.243 e. The first-order valence-electron chi connectivity index (χ1n) is 4.37. The zero-order chi connectivity index (χ0) is 11.1. The smallest absolute Gasteiger partial charge is 0.243 e. The summed E-state index contributed by atoms with van der Waals surface area (Å²) in [4.78, 5) is 0.162. The molecule has 0 amide bonds. The van der Waals surface area contributed by atoms with Crippen molar-refractivity contribution in [3.05, 3.63) is 29.4 Å². The lowest BCUT2D eigenvalue weighted by Crippen LogP contribution is -1.99. The van der Waals surface area contributed by atoms with Crippen LogP contribution in [0.25, 0.3) is 0 Å². The van der Waals surface area contributed by atoms with E-state index in [-0.39, 0.29) is 9.99 Å². The predicted molar refractivity (Wildman–Crippen MR) is 54.6 cm³/mol. The van der Waals surface area contributed by atoms with Gasteiger partial charge in [-0.25, -0.2) is 8.42 Å². The molecule has 1 aromatic rings. The Morgan fingerprint density at radius 3 is 2.73 bits per heavy atom. The number of allylic oxidation sites excluding steroid dienone is 1. The first-order valence-corrected chi connectivity index (χ1v) is 5.85. The van der Waals surface area contributed by atoms with Gasteiger partial charge in [-0.05, 0) is 25.1 Å². The van der Waals surface area contributed by atoms with Gasteiger partial charge in [-0.15, -0.1) is 0 Å². The van der Waals surface area contributed by atoms with Crippen LogP contribution in [0.3, 0.4) is 0 Å². The van der Waals surface area contributed by atoms with Gasteiger partial charge in [0.25, 0.3) is 0 Å². The molecule has 1 heterocycles. The minimum atomic E-state index is -3.47. The molecule has 5 heteroatoms. The van der Waals surface area contributed by atoms with Crippen LogP contribution in [0.2, 0.25) is 0 Å². The van der Waals surface area contributed by atoms with Crippen molar-refractivity contribution in [2.45, 2.75) is 11.8 Å². The van der Waals surface area contributed by atoms with Gasteiger partial charge in [-0.2, -0.15) is 0 Å². The van der Waals surface area contributed by atoms with Gasteiger partial charge < -0.3 is 9.47 Å². The van der Waals surface area contributed by atoms with Gasteiger partial charge in [0, 0.05) is 6.07 Å². The topological polar surface area (TPSA) is 52.6 Å². The fraction of sp³-hybridized carbons (Fsp3) is 0.200. The van der Waals surface area contributed by atoms with Gasteiger partial charge in [0.05, 0.1) is 7.11 Å². The minimum absolute atomic E-state index is 0.0225. The zero-order valence-corrected chi connectivity index (χ0v) is 9.17. The van der Waals surface area contributed by atoms with Crippen LogP contribution in [0.4, 0.5) is 0 Å². The lowest BCUT2D eigenvalue weighted by molar-refractivity contribution is 0.410. The highest BCUT2D eigenvalue weighted by atomic mass is 32.2. The summed E-state index contributed by atoms with van der Waals surface area (Å²) in [5.74, 6) is 0.849. The molecule has 0 unspecified atom stereocenters. The van der Waals surface area contributed by atoms with Gasteiger partial charge in [-0.3, -0.25) is 0 Å². The molecule has 2 rings (SSSR count). The Hall–Kier alpha value is -1.49. The molecule has 1 aromatic carbocycles. The maximum absolute atomic E-state index is 11.8. The third-order valence-electron chi connectivity index (χ3n) is 2.15. The van der Waals surface area contributed by atoms with E-state index in [1.807, 2.05) is 0 Å². The number of benzene rings is 1. The third-order valence-corrected chi connectivity index (χ3v) is 3.90. The second-order valence-electron chi connectivity index (χ2n) is 3.03. The van der Waals surface area contributed by atoms with Gasteiger partial charge in [0.15, 0.2) is 0 Å². The highest BCUT2D eigenvalue weighted by Crippen LogP contribution is 2.39. The Bertz CT molecular complexity index is 528. The van der Waals surface area contributed by atoms with E-state index in [1.54, 1.807) is 19.1 Å². The van der Waals surface area contributed by atoms with Crippen molar-refractivity contribution in [3.8, 4) is 11.5 Å². The van der Waals surface area contributed by atoms with Crippen molar-refractivity contribution in [3.63, 3.8) is 0 Å². The maximum atomic E-state index is 11.8. The molecule has 0 saturated heterocycles. The van der Waals surface area contributed by atoms with Gasteiger partial charge in [0.2, 0.25) is 14.9 Å². The number of hydrogen-bond acceptors (Lipinski definition) is 4. The summed E-state index contributed by atoms with van der Waals surface area (Å²) in [6.07, 6.45) is 1.43. The number of methoxy groups -OCH3 is 1. The van der Waals surface area contributed by atoms with Crippen LogP contribution in [-0.2, 0) is 9.84 Å². The highest BCUT2D eigenvalue weighted by molar-refractivity contribution is 7.95. The van der Waals surface area contributed by atoms with Gasteiger partial charge in [-0.1, -0.05) is 0 Å². The Labute approximate surface area is 88.0 Å². The minimum Gasteiger partial charge on any atom is -0.497 e. The van der Waals surface area contributed by atoms with Crippen LogP contribution in [0, 0.1) is 0 Å². The molecule has 0 aromatic heterocycles. The molecular weight excluding hydrogens is 216 g/mol. The lowest BCUT2D eigenvalue weighted by atomic mass is 10.3. The Kier molecular flexibility index (Phi) is 2.19. The van der Waals surface area contributed by atoms with Crippen LogP contribution in [0.5, 0.6) is 11.5 Å². The largest absolute Gasteiger partial charge is 0.497 e. The van der Waals surface area contributed by atoms with Crippen molar-refractivity contribution in [1.29, 1.82) is 0 Å². The van der Waals surface area contributed by atoms with E-state index in [1.165, 1.54) is 19.3 Å². The molecule has 4 nitrogen and oxygen atoms in total. The molecule has 1 aliphatic heterocycles. The molecule has 0 spiro atoms. The molecule has 1 aliphatic rings. The monoisotopic (exact) mass is 226 g/mol. The van der Waals surface area contributed by atoms with E-state index < -0.39 is 9.84 Å². The van der Waals surface area contributed by atoms with Crippen LogP contribution in [-0.4, -0.2) is 15.5 Å². The van der Waals surface area contributed by atoms with Crippen LogP contribution >= 0.6 is 0 Å². The number of fused-ring (bicyclic) bond motifs is 1. The van der Waals surface area contributed by atoms with Crippen molar-refractivity contribution in [1.82, 2.24) is 0 Å². The Balaban J connectivity index is 2.66. The Morgan fingerprint density at radius 2 is 2.13 bits per heavy atom. The molecule has 0 bridgehead atoms. The van der Waals surface area contributed by atoms with Gasteiger partial charge in [0.1, 0.15) is 16.4 Å². The lowest BCUT2D eigenvalue weighted by Gasteiger charge is -1.99. The number of hydrogen-bond donors (Lipinski definition) is 0. The fourth-order valence-electron chi connectivity index (χ4n) is 1.40. The molecule has 80 valence electrons. The normalized spacial score (nSPS) is 19.7. The van der Waals surface area contributed by atoms with Crippen molar-refractivity contribution < 1.29 is 17.9 Å². The van der Waals surface area contributed by atoms with Crippen LogP contribution in [0.15, 0.2) is 34.3 Å². The second-order valence-corrected chi connectivity index (χ2v) is 4.87. The van der Waals surface area contributed by atoms with Crippen molar-refractivity contribution in [2.24, 2.45) is 0 Å². The molecule has 0 fully saturated rings. The quantitative estimate of drug-likeness (QED) is 0.731. The molecule has 0 aliphatic carbocycles. The number of ether oxygens (including phenoxy) is 2. The second kappa shape index (κ2) is 3.27. The number of rotatable bonds is 1. The van der Waals surface area contributed by atoms with E-state index in [4.69, 9.17) is 9.47 Å². The summed E-state index contributed by atoms with van der Waals surface area (Å²) in [6, 6.07) is 4.70. The summed E-state index contributed by atoms with van der Waals surface area (Å²) in [7, 11) is -1.98. The summed E-state index contributed by atoms with van der Waals surface area (Å²) in [5, 5.41) is -0.0225. The van der Waals surface area contributed by atoms with Crippen molar-refractivity contribution in [2.75, 3.05) is 7.11 Å². The summed E-state index contributed by atoms with van der Waals surface area (Å²) in [5.41, 5.74) is 0. The van der Waals surface area contributed by atoms with Crippen LogP contribution < -0.4 is 9.47 Å². The number of sulfone groups is 1. The average Bonchev–Trinajstić information content (AvgIpc) is 2.50. The third kappa shape index (κ3) is 1.39. The van der Waals surface area contributed by atoms with Gasteiger partial charge >= 0.3 is 0 Å². The van der Waals surface area contributed by atoms with E-state index in [0.29, 0.717) is 11.5 Å². The molecular formula is C10H10O4S. The van der Waals surface area contributed by atoms with E-state index >= 15 is 0 Å². The first-order chi connectivity index (χ1) is 7.09. The van der Waals surface area contributed by atoms with Crippen LogP contribution in [0.1, 0.15) is 6.92 Å². The van der Waals surface area contributed by atoms with E-state index in [2.05, 4.69) is 0 Å². The molecule has 0 radical (unpaired) electrons. The SMILES string of the molecule is C/C=C1/Oc2ccc(OC)cc2S1(=O)=O. The summed E-state index contributed by atoms with van der Waals surface area (Å²) < 4.78 is 33.8. The Morgan fingerprint density at radius 1 is 1.40 bits per heavy atom. The summed E-state index contributed by atoms with van der Waals surface area (Å²) in [6.45, 7) is 1.62. The molecule has 0 atom stereocenters. The first kappa shape index (κ1) is 10.0. The van der Waals surface area contributed by atoms with Crippen molar-refractivity contribution >= 4 is 9.84 Å². The predicted octanol–water partition coefficient (Wildman–Crippen LogP) is 1.72. The standard InChI is InChI=1S/C10H10O4S/c1-3-10-14-8-5-4-7(13-2)6-9(8)15(10,11)12/h3-6H,1-2H3/b10-3-. The molecule has 15 heavy (non-hydrogen) atoms. The van der Waals surface area contributed by atoms with E-state index in [0.717, 1.165) is 0 Å². The summed E-state index contributed by atoms with van der Waals surface area (Å²) >= 11 is 0. The fourth-order valence-corrected chi connectivity index (χ4v) is 2.77. The highest BCUT2D eigenvalue weighted by Gasteiger charge is 2.33. The molecule has 0 N–H and O–H groups in total. The van der Waals surface area contributed by atoms with E-state index in [9.17, 15) is 8.42 Å². The zero-order valence-electron chi connectivity index (χ0n) is 8.35. The molecule has 0 saturated carbocycles. The average molecular weight is 226 g/mol.